The van der Waals surface area contributed by atoms with Gasteiger partial charge in [0.2, 0.25) is 0 Å². The molecule has 2 nitrogen and oxygen atoms in total. The number of ether oxygens (including phenoxy) is 2. The molecule has 1 rings (SSSR count). The highest BCUT2D eigenvalue weighted by atomic mass is 16.6. The third-order valence-corrected chi connectivity index (χ3v) is 1.41. The SMILES string of the molecule is C=CC1OC1C=COC(C)C. The molecule has 0 radical (unpaired) electrons. The molecule has 0 bridgehead atoms. The molecule has 1 aliphatic rings. The second kappa shape index (κ2) is 3.58. The van der Waals surface area contributed by atoms with Crippen LogP contribution in [0.5, 0.6) is 0 Å². The van der Waals surface area contributed by atoms with Crippen LogP contribution in [0.4, 0.5) is 0 Å². The van der Waals surface area contributed by atoms with Gasteiger partial charge in [-0.2, -0.15) is 0 Å². The van der Waals surface area contributed by atoms with E-state index in [0.29, 0.717) is 0 Å². The average molecular weight is 154 g/mol. The first-order valence-electron chi connectivity index (χ1n) is 3.84. The zero-order chi connectivity index (χ0) is 8.27. The predicted molar refractivity (Wildman–Crippen MR) is 44.2 cm³/mol. The number of hydrogen-bond acceptors (Lipinski definition) is 2. The van der Waals surface area contributed by atoms with Gasteiger partial charge in [-0.25, -0.2) is 0 Å². The van der Waals surface area contributed by atoms with Gasteiger partial charge in [-0.3, -0.25) is 0 Å². The average Bonchev–Trinajstić information content (AvgIpc) is 2.66. The van der Waals surface area contributed by atoms with E-state index in [9.17, 15) is 0 Å². The van der Waals surface area contributed by atoms with Crippen molar-refractivity contribution in [2.45, 2.75) is 32.2 Å². The van der Waals surface area contributed by atoms with Crippen molar-refractivity contribution in [3.8, 4) is 0 Å². The molecule has 1 fully saturated rings. The highest BCUT2D eigenvalue weighted by Gasteiger charge is 2.33. The molecule has 0 spiro atoms. The van der Waals surface area contributed by atoms with Gasteiger partial charge < -0.3 is 9.47 Å². The molecule has 0 aromatic heterocycles. The molecular formula is C9H14O2. The van der Waals surface area contributed by atoms with E-state index < -0.39 is 0 Å². The summed E-state index contributed by atoms with van der Waals surface area (Å²) in [6, 6.07) is 0. The molecule has 1 heterocycles. The highest BCUT2D eigenvalue weighted by Crippen LogP contribution is 2.23. The summed E-state index contributed by atoms with van der Waals surface area (Å²) in [7, 11) is 0. The van der Waals surface area contributed by atoms with Crippen LogP contribution in [0.2, 0.25) is 0 Å². The lowest BCUT2D eigenvalue weighted by Crippen LogP contribution is -1.95. The monoisotopic (exact) mass is 154 g/mol. The lowest BCUT2D eigenvalue weighted by Gasteiger charge is -2.01. The van der Waals surface area contributed by atoms with Crippen molar-refractivity contribution in [1.82, 2.24) is 0 Å². The van der Waals surface area contributed by atoms with Gasteiger partial charge >= 0.3 is 0 Å². The Kier molecular flexibility index (Phi) is 2.71. The van der Waals surface area contributed by atoms with Gasteiger partial charge in [0.1, 0.15) is 12.2 Å². The van der Waals surface area contributed by atoms with E-state index in [4.69, 9.17) is 9.47 Å². The maximum atomic E-state index is 5.19. The maximum Gasteiger partial charge on any atom is 0.110 e. The van der Waals surface area contributed by atoms with E-state index in [-0.39, 0.29) is 18.3 Å². The Balaban J connectivity index is 2.12. The third kappa shape index (κ3) is 2.76. The van der Waals surface area contributed by atoms with Crippen LogP contribution in [0.1, 0.15) is 13.8 Å². The van der Waals surface area contributed by atoms with Crippen molar-refractivity contribution < 1.29 is 9.47 Å². The van der Waals surface area contributed by atoms with E-state index in [2.05, 4.69) is 6.58 Å². The van der Waals surface area contributed by atoms with Gasteiger partial charge in [-0.05, 0) is 19.9 Å². The van der Waals surface area contributed by atoms with Crippen molar-refractivity contribution >= 4 is 0 Å². The number of hydrogen-bond donors (Lipinski definition) is 0. The van der Waals surface area contributed by atoms with Crippen LogP contribution in [-0.2, 0) is 9.47 Å². The smallest absolute Gasteiger partial charge is 0.110 e. The van der Waals surface area contributed by atoms with Gasteiger partial charge in [-0.1, -0.05) is 6.08 Å². The topological polar surface area (TPSA) is 21.8 Å². The largest absolute Gasteiger partial charge is 0.499 e. The minimum absolute atomic E-state index is 0.200. The minimum Gasteiger partial charge on any atom is -0.499 e. The lowest BCUT2D eigenvalue weighted by molar-refractivity contribution is 0.178. The molecule has 2 atom stereocenters. The molecule has 0 N–H and O–H groups in total. The lowest BCUT2D eigenvalue weighted by atomic mass is 10.3. The molecule has 11 heavy (non-hydrogen) atoms. The summed E-state index contributed by atoms with van der Waals surface area (Å²) in [6.45, 7) is 7.59. The molecule has 2 heteroatoms. The fraction of sp³-hybridized carbons (Fsp3) is 0.556. The summed E-state index contributed by atoms with van der Waals surface area (Å²) in [5, 5.41) is 0. The van der Waals surface area contributed by atoms with E-state index in [1.54, 1.807) is 12.3 Å². The van der Waals surface area contributed by atoms with Crippen LogP contribution in [-0.4, -0.2) is 18.3 Å². The van der Waals surface area contributed by atoms with Crippen molar-refractivity contribution in [2.24, 2.45) is 0 Å². The Bertz CT molecular complexity index is 161. The predicted octanol–water partition coefficient (Wildman–Crippen LogP) is 1.88. The molecule has 0 saturated carbocycles. The summed E-state index contributed by atoms with van der Waals surface area (Å²) in [6.07, 6.45) is 6.05. The number of epoxide rings is 1. The molecular weight excluding hydrogens is 140 g/mol. The van der Waals surface area contributed by atoms with Gasteiger partial charge in [0.15, 0.2) is 0 Å². The minimum atomic E-state index is 0.200. The molecule has 1 aliphatic heterocycles. The van der Waals surface area contributed by atoms with Crippen LogP contribution in [0.3, 0.4) is 0 Å². The zero-order valence-electron chi connectivity index (χ0n) is 6.99. The summed E-state index contributed by atoms with van der Waals surface area (Å²) < 4.78 is 10.4. The second-order valence-corrected chi connectivity index (χ2v) is 2.81. The Morgan fingerprint density at radius 2 is 2.18 bits per heavy atom. The van der Waals surface area contributed by atoms with Gasteiger partial charge in [0, 0.05) is 0 Å². The van der Waals surface area contributed by atoms with Crippen molar-refractivity contribution in [2.75, 3.05) is 0 Å². The summed E-state index contributed by atoms with van der Waals surface area (Å²) >= 11 is 0. The second-order valence-electron chi connectivity index (χ2n) is 2.81. The van der Waals surface area contributed by atoms with E-state index in [1.165, 1.54) is 0 Å². The fourth-order valence-electron chi connectivity index (χ4n) is 0.761. The molecule has 62 valence electrons. The maximum absolute atomic E-state index is 5.19. The Morgan fingerprint density at radius 3 is 2.64 bits per heavy atom. The Labute approximate surface area is 67.5 Å². The normalized spacial score (nSPS) is 29.4. The summed E-state index contributed by atoms with van der Waals surface area (Å²) in [5.41, 5.74) is 0. The molecule has 0 aromatic rings. The standard InChI is InChI=1S/C9H14O2/c1-4-8-9(11-8)5-6-10-7(2)3/h4-9H,1H2,2-3H3. The first-order chi connectivity index (χ1) is 5.24. The van der Waals surface area contributed by atoms with Crippen LogP contribution < -0.4 is 0 Å². The highest BCUT2D eigenvalue weighted by molar-refractivity contribution is 5.07. The third-order valence-electron chi connectivity index (χ3n) is 1.41. The Hall–Kier alpha value is -0.760. The number of rotatable bonds is 4. The van der Waals surface area contributed by atoms with E-state index >= 15 is 0 Å². The molecule has 2 unspecified atom stereocenters. The van der Waals surface area contributed by atoms with Crippen LogP contribution in [0, 0.1) is 0 Å². The first kappa shape index (κ1) is 8.34. The van der Waals surface area contributed by atoms with Gasteiger partial charge in [-0.15, -0.1) is 6.58 Å². The zero-order valence-corrected chi connectivity index (χ0v) is 6.99. The first-order valence-corrected chi connectivity index (χ1v) is 3.84. The van der Waals surface area contributed by atoms with Crippen molar-refractivity contribution in [3.05, 3.63) is 25.0 Å². The van der Waals surface area contributed by atoms with Gasteiger partial charge in [0.25, 0.3) is 0 Å². The van der Waals surface area contributed by atoms with Crippen LogP contribution >= 0.6 is 0 Å². The van der Waals surface area contributed by atoms with E-state index in [1.807, 2.05) is 19.9 Å². The quantitative estimate of drug-likeness (QED) is 0.350. The van der Waals surface area contributed by atoms with Gasteiger partial charge in [0.05, 0.1) is 12.4 Å². The van der Waals surface area contributed by atoms with Crippen molar-refractivity contribution in [1.29, 1.82) is 0 Å². The fourth-order valence-corrected chi connectivity index (χ4v) is 0.761. The van der Waals surface area contributed by atoms with E-state index in [0.717, 1.165) is 0 Å². The Morgan fingerprint density at radius 1 is 1.45 bits per heavy atom. The van der Waals surface area contributed by atoms with Crippen molar-refractivity contribution in [3.63, 3.8) is 0 Å². The molecule has 0 amide bonds. The molecule has 1 saturated heterocycles. The van der Waals surface area contributed by atoms with Crippen LogP contribution in [0.15, 0.2) is 25.0 Å². The molecule has 0 aliphatic carbocycles. The molecule has 0 aromatic carbocycles. The summed E-state index contributed by atoms with van der Waals surface area (Å²) in [5.74, 6) is 0. The van der Waals surface area contributed by atoms with Crippen LogP contribution in [0.25, 0.3) is 0 Å². The summed E-state index contributed by atoms with van der Waals surface area (Å²) in [4.78, 5) is 0.